The fourth-order valence-corrected chi connectivity index (χ4v) is 4.66. The van der Waals surface area contributed by atoms with Gasteiger partial charge < -0.3 is 5.32 Å². The van der Waals surface area contributed by atoms with Gasteiger partial charge in [0.25, 0.3) is 0 Å². The lowest BCUT2D eigenvalue weighted by Crippen LogP contribution is -2.54. The lowest BCUT2D eigenvalue weighted by molar-refractivity contribution is 0.0267. The van der Waals surface area contributed by atoms with E-state index in [4.69, 9.17) is 0 Å². The van der Waals surface area contributed by atoms with Crippen LogP contribution in [0.1, 0.15) is 57.4 Å². The number of benzene rings is 1. The van der Waals surface area contributed by atoms with E-state index in [2.05, 4.69) is 12.2 Å². The molecular formula is C18H25F2N. The van der Waals surface area contributed by atoms with Crippen LogP contribution in [0.5, 0.6) is 0 Å². The minimum Gasteiger partial charge on any atom is -0.316 e. The van der Waals surface area contributed by atoms with Crippen LogP contribution in [0.2, 0.25) is 0 Å². The van der Waals surface area contributed by atoms with E-state index >= 15 is 0 Å². The van der Waals surface area contributed by atoms with E-state index in [0.29, 0.717) is 5.41 Å². The van der Waals surface area contributed by atoms with Crippen molar-refractivity contribution in [3.05, 3.63) is 35.4 Å². The predicted molar refractivity (Wildman–Crippen MR) is 81.3 cm³/mol. The Morgan fingerprint density at radius 2 is 1.67 bits per heavy atom. The molecule has 2 aliphatic carbocycles. The minimum atomic E-state index is -0.452. The normalized spacial score (nSPS) is 22.4. The zero-order chi connectivity index (χ0) is 14.9. The summed E-state index contributed by atoms with van der Waals surface area (Å²) in [6, 6.07) is 4.05. The number of nitrogens with one attached hydrogen (secondary N) is 1. The van der Waals surface area contributed by atoms with Crippen molar-refractivity contribution in [2.45, 2.75) is 57.3 Å². The average molecular weight is 293 g/mol. The first-order valence-corrected chi connectivity index (χ1v) is 8.25. The van der Waals surface area contributed by atoms with Crippen LogP contribution in [-0.4, -0.2) is 13.1 Å². The molecule has 0 radical (unpaired) electrons. The van der Waals surface area contributed by atoms with Gasteiger partial charge in [-0.3, -0.25) is 0 Å². The summed E-state index contributed by atoms with van der Waals surface area (Å²) in [6.45, 7) is 3.94. The molecule has 0 aromatic heterocycles. The Hall–Kier alpha value is -0.960. The first-order valence-electron chi connectivity index (χ1n) is 8.25. The van der Waals surface area contributed by atoms with Crippen LogP contribution < -0.4 is 5.32 Å². The summed E-state index contributed by atoms with van der Waals surface area (Å²) in [6.07, 6.45) is 8.46. The Kier molecular flexibility index (Phi) is 4.04. The van der Waals surface area contributed by atoms with Crippen molar-refractivity contribution in [1.82, 2.24) is 5.32 Å². The Morgan fingerprint density at radius 1 is 1.05 bits per heavy atom. The molecule has 1 N–H and O–H groups in total. The minimum absolute atomic E-state index is 0.0670. The van der Waals surface area contributed by atoms with E-state index in [-0.39, 0.29) is 5.41 Å². The summed E-state index contributed by atoms with van der Waals surface area (Å²) in [5, 5.41) is 3.48. The lowest BCUT2D eigenvalue weighted by Gasteiger charge is -2.56. The number of hydrogen-bond acceptors (Lipinski definition) is 1. The molecule has 3 rings (SSSR count). The van der Waals surface area contributed by atoms with Gasteiger partial charge in [0.05, 0.1) is 0 Å². The summed E-state index contributed by atoms with van der Waals surface area (Å²) in [4.78, 5) is 0. The van der Waals surface area contributed by atoms with Crippen LogP contribution in [0.4, 0.5) is 8.78 Å². The third-order valence-electron chi connectivity index (χ3n) is 5.46. The molecule has 0 atom stereocenters. The van der Waals surface area contributed by atoms with Crippen molar-refractivity contribution in [3.63, 3.8) is 0 Å². The number of halogens is 2. The molecule has 116 valence electrons. The molecule has 2 aliphatic rings. The first-order chi connectivity index (χ1) is 10.1. The molecule has 0 heterocycles. The number of rotatable bonds is 5. The molecule has 0 unspecified atom stereocenters. The molecule has 1 spiro atoms. The van der Waals surface area contributed by atoms with Gasteiger partial charge >= 0.3 is 0 Å². The van der Waals surface area contributed by atoms with Crippen LogP contribution in [0.25, 0.3) is 0 Å². The maximum Gasteiger partial charge on any atom is 0.126 e. The van der Waals surface area contributed by atoms with Crippen molar-refractivity contribution in [3.8, 4) is 0 Å². The fraction of sp³-hybridized carbons (Fsp3) is 0.667. The summed E-state index contributed by atoms with van der Waals surface area (Å²) in [7, 11) is 0. The highest BCUT2D eigenvalue weighted by atomic mass is 19.1. The van der Waals surface area contributed by atoms with Crippen LogP contribution in [-0.2, 0) is 5.41 Å². The molecule has 2 fully saturated rings. The second-order valence-corrected chi connectivity index (χ2v) is 7.18. The molecule has 1 nitrogen and oxygen atoms in total. The second-order valence-electron chi connectivity index (χ2n) is 7.18. The highest BCUT2D eigenvalue weighted by Crippen LogP contribution is 2.62. The molecule has 0 bridgehead atoms. The monoisotopic (exact) mass is 293 g/mol. The summed E-state index contributed by atoms with van der Waals surface area (Å²) in [5.41, 5.74) is 1.24. The van der Waals surface area contributed by atoms with E-state index in [0.717, 1.165) is 44.0 Å². The molecule has 0 amide bonds. The Labute approximate surface area is 126 Å². The molecule has 2 saturated carbocycles. The summed E-state index contributed by atoms with van der Waals surface area (Å²) >= 11 is 0. The molecular weight excluding hydrogens is 268 g/mol. The highest BCUT2D eigenvalue weighted by Gasteiger charge is 2.55. The van der Waals surface area contributed by atoms with Crippen molar-refractivity contribution >= 4 is 0 Å². The quantitative estimate of drug-likeness (QED) is 0.785. The van der Waals surface area contributed by atoms with Crippen LogP contribution in [0.15, 0.2) is 18.2 Å². The second kappa shape index (κ2) is 5.68. The number of hydrogen-bond donors (Lipinski definition) is 1. The van der Waals surface area contributed by atoms with Crippen LogP contribution in [0.3, 0.4) is 0 Å². The molecule has 3 heteroatoms. The van der Waals surface area contributed by atoms with E-state index in [9.17, 15) is 8.78 Å². The van der Waals surface area contributed by atoms with Gasteiger partial charge in [0.15, 0.2) is 0 Å². The van der Waals surface area contributed by atoms with Gasteiger partial charge in [0.2, 0.25) is 0 Å². The van der Waals surface area contributed by atoms with Gasteiger partial charge in [-0.2, -0.15) is 0 Å². The van der Waals surface area contributed by atoms with Gasteiger partial charge in [-0.05, 0) is 61.8 Å². The van der Waals surface area contributed by atoms with Gasteiger partial charge in [-0.25, -0.2) is 8.78 Å². The maximum absolute atomic E-state index is 13.6. The van der Waals surface area contributed by atoms with Gasteiger partial charge in [0.1, 0.15) is 11.6 Å². The lowest BCUT2D eigenvalue weighted by atomic mass is 9.49. The SMILES string of the molecule is CCCNCC1(c2cc(F)cc(F)c2)CC2(CCCC2)C1. The third kappa shape index (κ3) is 2.85. The van der Waals surface area contributed by atoms with Crippen molar-refractivity contribution in [2.24, 2.45) is 5.41 Å². The Balaban J connectivity index is 1.83. The zero-order valence-corrected chi connectivity index (χ0v) is 12.9. The van der Waals surface area contributed by atoms with Crippen LogP contribution in [0, 0.1) is 17.0 Å². The smallest absolute Gasteiger partial charge is 0.126 e. The zero-order valence-electron chi connectivity index (χ0n) is 12.9. The van der Waals surface area contributed by atoms with Gasteiger partial charge in [0, 0.05) is 18.0 Å². The molecule has 0 aliphatic heterocycles. The predicted octanol–water partition coefficient (Wildman–Crippen LogP) is 4.56. The largest absolute Gasteiger partial charge is 0.316 e. The van der Waals surface area contributed by atoms with E-state index < -0.39 is 11.6 Å². The third-order valence-corrected chi connectivity index (χ3v) is 5.46. The topological polar surface area (TPSA) is 12.0 Å². The van der Waals surface area contributed by atoms with Crippen molar-refractivity contribution in [2.75, 3.05) is 13.1 Å². The van der Waals surface area contributed by atoms with E-state index in [1.165, 1.54) is 25.7 Å². The molecule has 21 heavy (non-hydrogen) atoms. The fourth-order valence-electron chi connectivity index (χ4n) is 4.66. The van der Waals surface area contributed by atoms with Crippen LogP contribution >= 0.6 is 0 Å². The summed E-state index contributed by atoms with van der Waals surface area (Å²) < 4.78 is 27.2. The average Bonchev–Trinajstić information content (AvgIpc) is 2.86. The Bertz CT molecular complexity index is 478. The Morgan fingerprint density at radius 3 is 2.24 bits per heavy atom. The molecule has 1 aromatic carbocycles. The maximum atomic E-state index is 13.6. The standard InChI is InChI=1S/C18H25F2N/c1-2-7-21-13-18(11-17(12-18)5-3-4-6-17)14-8-15(19)10-16(20)9-14/h8-10,21H,2-7,11-13H2,1H3. The highest BCUT2D eigenvalue weighted by molar-refractivity contribution is 5.33. The molecule has 1 aromatic rings. The van der Waals surface area contributed by atoms with Crippen molar-refractivity contribution < 1.29 is 8.78 Å². The van der Waals surface area contributed by atoms with E-state index in [1.807, 2.05) is 0 Å². The van der Waals surface area contributed by atoms with Crippen molar-refractivity contribution in [1.29, 1.82) is 0 Å². The molecule has 0 saturated heterocycles. The van der Waals surface area contributed by atoms with Gasteiger partial charge in [-0.15, -0.1) is 0 Å². The van der Waals surface area contributed by atoms with E-state index in [1.54, 1.807) is 12.1 Å². The first kappa shape index (κ1) is 15.0. The van der Waals surface area contributed by atoms with Gasteiger partial charge in [-0.1, -0.05) is 19.8 Å². The summed E-state index contributed by atoms with van der Waals surface area (Å²) in [5.74, 6) is -0.903.